The molecule has 0 aliphatic rings. The number of carbonyl (C=O) groups excluding carboxylic acids is 2. The Morgan fingerprint density at radius 3 is 2.60 bits per heavy atom. The van der Waals surface area contributed by atoms with Crippen molar-refractivity contribution in [2.75, 3.05) is 19.5 Å². The molecule has 1 aromatic rings. The third-order valence-electron chi connectivity index (χ3n) is 2.31. The topological polar surface area (TPSA) is 77.5 Å². The fraction of sp³-hybridized carbons (Fsp3) is 0.214. The van der Waals surface area contributed by atoms with Crippen molar-refractivity contribution in [3.05, 3.63) is 47.8 Å². The predicted octanol–water partition coefficient (Wildman–Crippen LogP) is 1.59. The zero-order valence-electron chi connectivity index (χ0n) is 11.5. The van der Waals surface area contributed by atoms with Crippen molar-refractivity contribution in [2.24, 2.45) is 0 Å². The number of ether oxygens (including phenoxy) is 2. The van der Waals surface area contributed by atoms with Crippen LogP contribution in [-0.4, -0.2) is 31.1 Å². The number of methoxy groups -OCH3 is 2. The maximum Gasteiger partial charge on any atom is 0.339 e. The standard InChI is InChI=1S/C14H16N2O4/c1-10-6-7-15-12(8-10)16-9-11(14(18)20-3)4-5-13(17)19-2/h4-9H,1-3H3,(H,15,16)/b5-4+,11-9+. The average molecular weight is 276 g/mol. The van der Waals surface area contributed by atoms with Gasteiger partial charge in [0.2, 0.25) is 0 Å². The molecule has 1 rings (SSSR count). The van der Waals surface area contributed by atoms with Crippen LogP contribution in [0.25, 0.3) is 0 Å². The molecule has 1 aromatic heterocycles. The Morgan fingerprint density at radius 2 is 2.00 bits per heavy atom. The summed E-state index contributed by atoms with van der Waals surface area (Å²) in [5.41, 5.74) is 1.20. The van der Waals surface area contributed by atoms with Crippen LogP contribution in [0.15, 0.2) is 42.3 Å². The van der Waals surface area contributed by atoms with Crippen LogP contribution in [0.4, 0.5) is 5.82 Å². The average Bonchev–Trinajstić information content (AvgIpc) is 2.46. The maximum atomic E-state index is 11.5. The fourth-order valence-electron chi connectivity index (χ4n) is 1.29. The van der Waals surface area contributed by atoms with E-state index < -0.39 is 11.9 Å². The number of hydrogen-bond donors (Lipinski definition) is 1. The molecule has 0 unspecified atom stereocenters. The molecule has 0 saturated heterocycles. The normalized spacial score (nSPS) is 11.2. The second-order valence-corrected chi connectivity index (χ2v) is 3.81. The van der Waals surface area contributed by atoms with Gasteiger partial charge in [-0.05, 0) is 30.7 Å². The molecule has 0 fully saturated rings. The van der Waals surface area contributed by atoms with Gasteiger partial charge in [-0.3, -0.25) is 0 Å². The van der Waals surface area contributed by atoms with Crippen molar-refractivity contribution in [2.45, 2.75) is 6.92 Å². The van der Waals surface area contributed by atoms with E-state index in [1.807, 2.05) is 19.1 Å². The van der Waals surface area contributed by atoms with Crippen LogP contribution in [0, 0.1) is 6.92 Å². The fourth-order valence-corrected chi connectivity index (χ4v) is 1.29. The summed E-state index contributed by atoms with van der Waals surface area (Å²) in [6.07, 6.45) is 5.50. The van der Waals surface area contributed by atoms with Gasteiger partial charge in [0, 0.05) is 18.5 Å². The Balaban J connectivity index is 2.87. The lowest BCUT2D eigenvalue weighted by Crippen LogP contribution is -2.06. The second-order valence-electron chi connectivity index (χ2n) is 3.81. The molecule has 0 aliphatic carbocycles. The van der Waals surface area contributed by atoms with E-state index >= 15 is 0 Å². The number of esters is 2. The molecule has 1 heterocycles. The van der Waals surface area contributed by atoms with Gasteiger partial charge in [0.1, 0.15) is 5.82 Å². The van der Waals surface area contributed by atoms with Crippen molar-refractivity contribution in [3.63, 3.8) is 0 Å². The lowest BCUT2D eigenvalue weighted by Gasteiger charge is -2.03. The van der Waals surface area contributed by atoms with Crippen molar-refractivity contribution >= 4 is 17.8 Å². The number of anilines is 1. The molecule has 0 bridgehead atoms. The number of rotatable bonds is 5. The zero-order valence-corrected chi connectivity index (χ0v) is 11.5. The van der Waals surface area contributed by atoms with Crippen molar-refractivity contribution in [1.29, 1.82) is 0 Å². The van der Waals surface area contributed by atoms with E-state index in [1.165, 1.54) is 26.5 Å². The summed E-state index contributed by atoms with van der Waals surface area (Å²) in [7, 11) is 2.51. The van der Waals surface area contributed by atoms with E-state index in [0.717, 1.165) is 11.6 Å². The van der Waals surface area contributed by atoms with E-state index in [-0.39, 0.29) is 5.57 Å². The predicted molar refractivity (Wildman–Crippen MR) is 73.9 cm³/mol. The first-order valence-corrected chi connectivity index (χ1v) is 5.80. The summed E-state index contributed by atoms with van der Waals surface area (Å²) in [5, 5.41) is 2.87. The number of carbonyl (C=O) groups is 2. The molecule has 0 aliphatic heterocycles. The molecule has 0 radical (unpaired) electrons. The van der Waals surface area contributed by atoms with E-state index in [1.54, 1.807) is 6.20 Å². The zero-order chi connectivity index (χ0) is 15.0. The van der Waals surface area contributed by atoms with E-state index in [4.69, 9.17) is 0 Å². The van der Waals surface area contributed by atoms with Crippen LogP contribution < -0.4 is 5.32 Å². The molecule has 6 heteroatoms. The number of pyridine rings is 1. The molecule has 6 nitrogen and oxygen atoms in total. The summed E-state index contributed by atoms with van der Waals surface area (Å²) in [4.78, 5) is 26.7. The smallest absolute Gasteiger partial charge is 0.339 e. The summed E-state index contributed by atoms with van der Waals surface area (Å²) in [5.74, 6) is -0.559. The summed E-state index contributed by atoms with van der Waals surface area (Å²) in [6, 6.07) is 3.67. The van der Waals surface area contributed by atoms with Gasteiger partial charge in [0.25, 0.3) is 0 Å². The van der Waals surface area contributed by atoms with Crippen molar-refractivity contribution < 1.29 is 19.1 Å². The van der Waals surface area contributed by atoms with Gasteiger partial charge in [-0.2, -0.15) is 0 Å². The third kappa shape index (κ3) is 4.93. The van der Waals surface area contributed by atoms with E-state index in [2.05, 4.69) is 19.8 Å². The minimum atomic E-state index is -0.578. The summed E-state index contributed by atoms with van der Waals surface area (Å²) < 4.78 is 9.07. The van der Waals surface area contributed by atoms with Gasteiger partial charge in [0.15, 0.2) is 0 Å². The van der Waals surface area contributed by atoms with Crippen LogP contribution in [0.2, 0.25) is 0 Å². The minimum Gasteiger partial charge on any atom is -0.466 e. The highest BCUT2D eigenvalue weighted by Gasteiger charge is 2.07. The molecule has 0 amide bonds. The number of aromatic nitrogens is 1. The third-order valence-corrected chi connectivity index (χ3v) is 2.31. The summed E-state index contributed by atoms with van der Waals surface area (Å²) in [6.45, 7) is 1.93. The molecule has 0 atom stereocenters. The van der Waals surface area contributed by atoms with Gasteiger partial charge in [0.05, 0.1) is 19.8 Å². The second kappa shape index (κ2) is 7.73. The monoisotopic (exact) mass is 276 g/mol. The molecule has 0 spiro atoms. The van der Waals surface area contributed by atoms with E-state index in [0.29, 0.717) is 5.82 Å². The highest BCUT2D eigenvalue weighted by Crippen LogP contribution is 2.07. The van der Waals surface area contributed by atoms with E-state index in [9.17, 15) is 9.59 Å². The molecular weight excluding hydrogens is 260 g/mol. The Labute approximate surface area is 117 Å². The Bertz CT molecular complexity index is 550. The van der Waals surface area contributed by atoms with Gasteiger partial charge in [-0.25, -0.2) is 14.6 Å². The Morgan fingerprint density at radius 1 is 1.25 bits per heavy atom. The molecule has 1 N–H and O–H groups in total. The Kier molecular flexibility index (Phi) is 5.96. The van der Waals surface area contributed by atoms with Crippen molar-refractivity contribution in [3.8, 4) is 0 Å². The van der Waals surface area contributed by atoms with Crippen molar-refractivity contribution in [1.82, 2.24) is 4.98 Å². The van der Waals surface area contributed by atoms with Crippen LogP contribution in [0.5, 0.6) is 0 Å². The number of aryl methyl sites for hydroxylation is 1. The van der Waals surface area contributed by atoms with Gasteiger partial charge >= 0.3 is 11.9 Å². The Hall–Kier alpha value is -2.63. The van der Waals surface area contributed by atoms with Crippen LogP contribution in [0.1, 0.15) is 5.56 Å². The largest absolute Gasteiger partial charge is 0.466 e. The molecule has 0 saturated carbocycles. The lowest BCUT2D eigenvalue weighted by atomic mass is 10.2. The van der Waals surface area contributed by atoms with Gasteiger partial charge in [-0.15, -0.1) is 0 Å². The first-order valence-electron chi connectivity index (χ1n) is 5.80. The first-order chi connectivity index (χ1) is 9.56. The quantitative estimate of drug-likeness (QED) is 0.500. The van der Waals surface area contributed by atoms with Crippen LogP contribution in [-0.2, 0) is 19.1 Å². The number of hydrogen-bond acceptors (Lipinski definition) is 6. The lowest BCUT2D eigenvalue weighted by molar-refractivity contribution is -0.135. The first kappa shape index (κ1) is 15.4. The van der Waals surface area contributed by atoms with Crippen LogP contribution in [0.3, 0.4) is 0 Å². The maximum absolute atomic E-state index is 11.5. The summed E-state index contributed by atoms with van der Waals surface area (Å²) >= 11 is 0. The molecule has 0 aromatic carbocycles. The SMILES string of the molecule is COC(=O)/C=C/C(=C\Nc1cc(C)ccn1)C(=O)OC. The molecule has 20 heavy (non-hydrogen) atoms. The van der Waals surface area contributed by atoms with Gasteiger partial charge < -0.3 is 14.8 Å². The van der Waals surface area contributed by atoms with Gasteiger partial charge in [-0.1, -0.05) is 0 Å². The number of nitrogens with zero attached hydrogens (tertiary/aromatic N) is 1. The van der Waals surface area contributed by atoms with Crippen LogP contribution >= 0.6 is 0 Å². The highest BCUT2D eigenvalue weighted by atomic mass is 16.5. The minimum absolute atomic E-state index is 0.168. The number of nitrogens with one attached hydrogen (secondary N) is 1. The molecular formula is C14H16N2O4. The highest BCUT2D eigenvalue weighted by molar-refractivity contribution is 5.94. The molecule has 106 valence electrons.